The van der Waals surface area contributed by atoms with Crippen molar-refractivity contribution >= 4 is 17.7 Å². The zero-order valence-corrected chi connectivity index (χ0v) is 14.5. The lowest BCUT2D eigenvalue weighted by Gasteiger charge is -2.30. The second-order valence-corrected chi connectivity index (χ2v) is 7.00. The van der Waals surface area contributed by atoms with Crippen LogP contribution in [0, 0.1) is 5.82 Å². The Hall–Kier alpha value is -2.15. The van der Waals surface area contributed by atoms with Crippen LogP contribution in [0.4, 0.5) is 9.18 Å². The third kappa shape index (κ3) is 3.36. The molecule has 0 spiro atoms. The van der Waals surface area contributed by atoms with Gasteiger partial charge in [-0.1, -0.05) is 11.6 Å². The fraction of sp³-hybridized carbons (Fsp3) is 0.438. The van der Waals surface area contributed by atoms with Crippen LogP contribution in [0.1, 0.15) is 26.5 Å². The van der Waals surface area contributed by atoms with Crippen molar-refractivity contribution in [3.8, 4) is 11.1 Å². The average Bonchev–Trinajstić information content (AvgIpc) is 2.91. The molecule has 2 aromatic heterocycles. The smallest absolute Gasteiger partial charge is 0.410 e. The summed E-state index contributed by atoms with van der Waals surface area (Å²) in [7, 11) is 0. The number of carbonyl (C=O) groups excluding carboxylic acids is 1. The van der Waals surface area contributed by atoms with Crippen LogP contribution in [0.5, 0.6) is 0 Å². The number of hydrogen-bond donors (Lipinski definition) is 0. The first kappa shape index (κ1) is 16.7. The summed E-state index contributed by atoms with van der Waals surface area (Å²) < 4.78 is 21.3. The van der Waals surface area contributed by atoms with Gasteiger partial charge >= 0.3 is 6.09 Å². The minimum absolute atomic E-state index is 0.200. The average molecular weight is 353 g/mol. The molecular weight excluding hydrogens is 335 g/mol. The molecule has 1 aliphatic heterocycles. The summed E-state index contributed by atoms with van der Waals surface area (Å²) in [5, 5.41) is 4.48. The molecule has 3 rings (SSSR count). The van der Waals surface area contributed by atoms with E-state index in [1.165, 1.54) is 6.07 Å². The first-order chi connectivity index (χ1) is 11.2. The molecular formula is C16H18ClFN4O2. The van der Waals surface area contributed by atoms with E-state index in [9.17, 15) is 9.18 Å². The minimum atomic E-state index is -0.567. The summed E-state index contributed by atoms with van der Waals surface area (Å²) in [4.78, 5) is 17.6. The molecule has 0 saturated heterocycles. The van der Waals surface area contributed by atoms with Crippen LogP contribution >= 0.6 is 11.6 Å². The van der Waals surface area contributed by atoms with E-state index < -0.39 is 17.5 Å². The highest BCUT2D eigenvalue weighted by Gasteiger charge is 2.28. The lowest BCUT2D eigenvalue weighted by atomic mass is 10.1. The van der Waals surface area contributed by atoms with Crippen LogP contribution in [0.3, 0.4) is 0 Å². The SMILES string of the molecule is CC(C)(C)OC(=O)N1CCn2ncc(-c3cc(Cl)ncc3F)c2C1. The first-order valence-electron chi connectivity index (χ1n) is 7.58. The number of halogens is 2. The second kappa shape index (κ2) is 6.05. The summed E-state index contributed by atoms with van der Waals surface area (Å²) in [6.45, 7) is 6.76. The maximum Gasteiger partial charge on any atom is 0.410 e. The summed E-state index contributed by atoms with van der Waals surface area (Å²) in [5.74, 6) is -0.482. The quantitative estimate of drug-likeness (QED) is 0.737. The van der Waals surface area contributed by atoms with Crippen LogP contribution < -0.4 is 0 Å². The van der Waals surface area contributed by atoms with Crippen LogP contribution in [0.15, 0.2) is 18.5 Å². The molecule has 0 radical (unpaired) electrons. The number of amides is 1. The Morgan fingerprint density at radius 2 is 2.04 bits per heavy atom. The number of hydrogen-bond acceptors (Lipinski definition) is 4. The van der Waals surface area contributed by atoms with Gasteiger partial charge in [0.05, 0.1) is 31.2 Å². The fourth-order valence-corrected chi connectivity index (χ4v) is 2.73. The summed E-state index contributed by atoms with van der Waals surface area (Å²) in [6.07, 6.45) is 2.27. The summed E-state index contributed by atoms with van der Waals surface area (Å²) >= 11 is 5.88. The van der Waals surface area contributed by atoms with Crippen molar-refractivity contribution in [3.05, 3.63) is 35.1 Å². The predicted molar refractivity (Wildman–Crippen MR) is 87.1 cm³/mol. The van der Waals surface area contributed by atoms with Gasteiger partial charge < -0.3 is 9.64 Å². The zero-order valence-electron chi connectivity index (χ0n) is 13.7. The second-order valence-electron chi connectivity index (χ2n) is 6.62. The molecule has 128 valence electrons. The number of nitrogens with zero attached hydrogens (tertiary/aromatic N) is 4. The maximum atomic E-state index is 14.1. The number of fused-ring (bicyclic) bond motifs is 1. The Kier molecular flexibility index (Phi) is 4.21. The molecule has 0 saturated carbocycles. The molecule has 0 N–H and O–H groups in total. The van der Waals surface area contributed by atoms with Crippen LogP contribution in [-0.2, 0) is 17.8 Å². The Balaban J connectivity index is 1.90. The van der Waals surface area contributed by atoms with Gasteiger partial charge in [0.2, 0.25) is 0 Å². The topological polar surface area (TPSA) is 60.2 Å². The molecule has 0 atom stereocenters. The van der Waals surface area contributed by atoms with Crippen molar-refractivity contribution < 1.29 is 13.9 Å². The Bertz CT molecular complexity index is 785. The van der Waals surface area contributed by atoms with Crippen molar-refractivity contribution in [3.63, 3.8) is 0 Å². The van der Waals surface area contributed by atoms with E-state index in [4.69, 9.17) is 16.3 Å². The minimum Gasteiger partial charge on any atom is -0.444 e. The number of carbonyl (C=O) groups is 1. The van der Waals surface area contributed by atoms with Crippen molar-refractivity contribution in [2.24, 2.45) is 0 Å². The van der Waals surface area contributed by atoms with Crippen molar-refractivity contribution in [1.29, 1.82) is 0 Å². The van der Waals surface area contributed by atoms with Gasteiger partial charge in [0.15, 0.2) is 0 Å². The normalized spacial score (nSPS) is 14.5. The number of rotatable bonds is 1. The molecule has 1 amide bonds. The molecule has 0 aromatic carbocycles. The number of aromatic nitrogens is 3. The molecule has 1 aliphatic rings. The number of ether oxygens (including phenoxy) is 1. The van der Waals surface area contributed by atoms with Gasteiger partial charge in [-0.15, -0.1) is 0 Å². The molecule has 0 aliphatic carbocycles. The van der Waals surface area contributed by atoms with E-state index in [1.807, 2.05) is 20.8 Å². The van der Waals surface area contributed by atoms with E-state index in [1.54, 1.807) is 15.8 Å². The largest absolute Gasteiger partial charge is 0.444 e. The Morgan fingerprint density at radius 3 is 2.75 bits per heavy atom. The van der Waals surface area contributed by atoms with Gasteiger partial charge in [-0.25, -0.2) is 14.2 Å². The molecule has 2 aromatic rings. The van der Waals surface area contributed by atoms with E-state index in [2.05, 4.69) is 10.1 Å². The molecule has 0 bridgehead atoms. The van der Waals surface area contributed by atoms with Crippen LogP contribution in [0.25, 0.3) is 11.1 Å². The highest BCUT2D eigenvalue weighted by molar-refractivity contribution is 6.29. The van der Waals surface area contributed by atoms with Crippen molar-refractivity contribution in [2.75, 3.05) is 6.54 Å². The van der Waals surface area contributed by atoms with Gasteiger partial charge in [-0.05, 0) is 26.8 Å². The van der Waals surface area contributed by atoms with E-state index in [0.717, 1.165) is 11.9 Å². The van der Waals surface area contributed by atoms with Gasteiger partial charge in [0.1, 0.15) is 16.6 Å². The Morgan fingerprint density at radius 1 is 1.29 bits per heavy atom. The van der Waals surface area contributed by atoms with Crippen LogP contribution in [-0.4, -0.2) is 37.9 Å². The summed E-state index contributed by atoms with van der Waals surface area (Å²) in [5.41, 5.74) is 1.10. The fourth-order valence-electron chi connectivity index (χ4n) is 2.57. The molecule has 24 heavy (non-hydrogen) atoms. The van der Waals surface area contributed by atoms with Crippen molar-refractivity contribution in [2.45, 2.75) is 39.5 Å². The zero-order chi connectivity index (χ0) is 17.5. The van der Waals surface area contributed by atoms with E-state index in [-0.39, 0.29) is 5.15 Å². The highest BCUT2D eigenvalue weighted by Crippen LogP contribution is 2.30. The maximum absolute atomic E-state index is 14.1. The van der Waals surface area contributed by atoms with Crippen molar-refractivity contribution in [1.82, 2.24) is 19.7 Å². The monoisotopic (exact) mass is 352 g/mol. The van der Waals surface area contributed by atoms with Gasteiger partial charge in [0.25, 0.3) is 0 Å². The molecule has 3 heterocycles. The number of pyridine rings is 1. The summed E-state index contributed by atoms with van der Waals surface area (Å²) in [6, 6.07) is 1.46. The molecule has 0 fully saturated rings. The van der Waals surface area contributed by atoms with Gasteiger partial charge in [-0.3, -0.25) is 4.68 Å². The van der Waals surface area contributed by atoms with E-state index in [0.29, 0.717) is 30.8 Å². The highest BCUT2D eigenvalue weighted by atomic mass is 35.5. The molecule has 8 heteroatoms. The van der Waals surface area contributed by atoms with Crippen LogP contribution in [0.2, 0.25) is 5.15 Å². The van der Waals surface area contributed by atoms with Gasteiger partial charge in [0, 0.05) is 17.7 Å². The van der Waals surface area contributed by atoms with E-state index >= 15 is 0 Å². The predicted octanol–water partition coefficient (Wildman–Crippen LogP) is 3.49. The Labute approximate surface area is 144 Å². The standard InChI is InChI=1S/C16H18ClFN4O2/c1-16(2,3)24-15(23)21-4-5-22-13(9-21)11(7-20-22)10-6-14(17)19-8-12(10)18/h6-8H,4-5,9H2,1-3H3. The first-order valence-corrected chi connectivity index (χ1v) is 7.96. The lowest BCUT2D eigenvalue weighted by Crippen LogP contribution is -2.41. The molecule has 0 unspecified atom stereocenters. The third-order valence-corrected chi connectivity index (χ3v) is 3.84. The lowest BCUT2D eigenvalue weighted by molar-refractivity contribution is 0.0195. The van der Waals surface area contributed by atoms with Gasteiger partial charge in [-0.2, -0.15) is 5.10 Å². The third-order valence-electron chi connectivity index (χ3n) is 3.63. The molecule has 6 nitrogen and oxygen atoms in total.